The van der Waals surface area contributed by atoms with E-state index in [0.29, 0.717) is 14.3 Å². The zero-order valence-electron chi connectivity index (χ0n) is 22.2. The van der Waals surface area contributed by atoms with Crippen LogP contribution in [0.3, 0.4) is 0 Å². The fourth-order valence-electron chi connectivity index (χ4n) is 4.19. The molecule has 224 valence electrons. The Morgan fingerprint density at radius 1 is 1.07 bits per heavy atom. The van der Waals surface area contributed by atoms with E-state index in [0.717, 1.165) is 45.2 Å². The van der Waals surface area contributed by atoms with E-state index in [1.165, 1.54) is 52.8 Å². The standard InChI is InChI=1S/C25H20N4O6S8/c1-27(42(32)33)21(31)13-29-23(39-19-10-17(41-25(19)29)15-6-4-8-37-15)11-22-28(12-20(30)26-43(2,34)35)24-18(38-22)9-16(40-24)14-5-3-7-36-14/h3-11H,12-13H2,1-2H3,(H-,26,30,32,33). The van der Waals surface area contributed by atoms with Gasteiger partial charge in [0.2, 0.25) is 16.6 Å². The maximum atomic E-state index is 12.9. The Hall–Kier alpha value is -2.42. The van der Waals surface area contributed by atoms with Crippen molar-refractivity contribution in [3.05, 3.63) is 57.2 Å². The molecular formula is C25H20N4O6S8. The maximum absolute atomic E-state index is 12.9. The van der Waals surface area contributed by atoms with Crippen molar-refractivity contribution >= 4 is 122 Å². The number of aromatic nitrogens is 1. The second-order valence-electron chi connectivity index (χ2n) is 9.12. The molecule has 0 bridgehead atoms. The summed E-state index contributed by atoms with van der Waals surface area (Å²) in [7, 11) is -2.55. The van der Waals surface area contributed by atoms with Crippen molar-refractivity contribution < 1.29 is 31.3 Å². The highest BCUT2D eigenvalue weighted by molar-refractivity contribution is 8.04. The Labute approximate surface area is 273 Å². The summed E-state index contributed by atoms with van der Waals surface area (Å²) in [6.07, 6.45) is 2.79. The number of amides is 2. The van der Waals surface area contributed by atoms with Gasteiger partial charge in [0, 0.05) is 37.8 Å². The van der Waals surface area contributed by atoms with Crippen LogP contribution in [0.25, 0.3) is 35.1 Å². The van der Waals surface area contributed by atoms with Crippen molar-refractivity contribution in [2.45, 2.75) is 11.4 Å². The third kappa shape index (κ3) is 6.52. The molecule has 43 heavy (non-hydrogen) atoms. The Morgan fingerprint density at radius 3 is 2.35 bits per heavy atom. The van der Waals surface area contributed by atoms with Gasteiger partial charge in [-0.2, -0.15) is 4.57 Å². The molecule has 18 heteroatoms. The summed E-state index contributed by atoms with van der Waals surface area (Å²) in [5.41, 5.74) is 0. The van der Waals surface area contributed by atoms with E-state index >= 15 is 0 Å². The average Bonchev–Trinajstić information content (AvgIpc) is 3.74. The monoisotopic (exact) mass is 728 g/mol. The summed E-state index contributed by atoms with van der Waals surface area (Å²) in [5, 5.41) is 6.16. The second-order valence-corrected chi connectivity index (χ2v) is 17.9. The maximum Gasteiger partial charge on any atom is 0.299 e. The highest BCUT2D eigenvalue weighted by atomic mass is 32.2. The van der Waals surface area contributed by atoms with E-state index < -0.39 is 33.1 Å². The molecule has 2 amide bonds. The predicted octanol–water partition coefficient (Wildman–Crippen LogP) is 5.01. The zero-order chi connectivity index (χ0) is 30.5. The first kappa shape index (κ1) is 30.6. The van der Waals surface area contributed by atoms with Gasteiger partial charge in [-0.05, 0) is 35.0 Å². The van der Waals surface area contributed by atoms with Gasteiger partial charge < -0.3 is 9.45 Å². The van der Waals surface area contributed by atoms with Gasteiger partial charge in [-0.25, -0.2) is 13.1 Å². The summed E-state index contributed by atoms with van der Waals surface area (Å²) in [4.78, 5) is 33.5. The summed E-state index contributed by atoms with van der Waals surface area (Å²) in [6, 6.07) is 12.1. The largest absolute Gasteiger partial charge is 0.755 e. The molecule has 10 nitrogen and oxygen atoms in total. The van der Waals surface area contributed by atoms with Gasteiger partial charge in [-0.3, -0.25) is 18.1 Å². The number of thioether (sulfide) groups is 1. The molecule has 1 N–H and O–H groups in total. The van der Waals surface area contributed by atoms with Crippen molar-refractivity contribution in [2.24, 2.45) is 0 Å². The van der Waals surface area contributed by atoms with E-state index in [9.17, 15) is 26.8 Å². The first-order chi connectivity index (χ1) is 20.5. The number of fused-ring (bicyclic) bond motifs is 2. The lowest BCUT2D eigenvalue weighted by molar-refractivity contribution is -0.653. The van der Waals surface area contributed by atoms with Crippen LogP contribution in [-0.2, 0) is 37.4 Å². The summed E-state index contributed by atoms with van der Waals surface area (Å²) >= 11 is 6.41. The first-order valence-electron chi connectivity index (χ1n) is 12.2. The lowest BCUT2D eigenvalue weighted by Gasteiger charge is -2.24. The first-order valence-corrected chi connectivity index (χ1v) is 20.1. The SMILES string of the molecule is CN(C(=O)CN1/C(=C/c2sc3cc(-c4cccs4)sc3[n+]2CC(=O)NS(C)(=O)=O)Sc2cc(-c3cccs3)sc21)S(=O)[O-]. The number of thiazole rings is 1. The van der Waals surface area contributed by atoms with Gasteiger partial charge in [-0.1, -0.05) is 46.6 Å². The molecule has 6 rings (SSSR count). The third-order valence-electron chi connectivity index (χ3n) is 6.05. The van der Waals surface area contributed by atoms with E-state index in [-0.39, 0.29) is 13.1 Å². The van der Waals surface area contributed by atoms with Crippen LogP contribution >= 0.6 is 68.4 Å². The molecule has 1 aliphatic heterocycles. The smallest absolute Gasteiger partial charge is 0.299 e. The highest BCUT2D eigenvalue weighted by Gasteiger charge is 2.34. The molecule has 1 unspecified atom stereocenters. The number of anilines is 1. The Balaban J connectivity index is 1.42. The molecule has 0 radical (unpaired) electrons. The van der Waals surface area contributed by atoms with Gasteiger partial charge in [0.25, 0.3) is 21.7 Å². The minimum absolute atomic E-state index is 0.211. The normalized spacial score (nSPS) is 14.9. The fraction of sp³-hybridized carbons (Fsp3) is 0.160. The number of nitrogens with zero attached hydrogens (tertiary/aromatic N) is 3. The molecule has 0 fully saturated rings. The molecule has 0 aromatic carbocycles. The van der Waals surface area contributed by atoms with Gasteiger partial charge >= 0.3 is 0 Å². The molecule has 0 saturated heterocycles. The van der Waals surface area contributed by atoms with Crippen LogP contribution in [0.1, 0.15) is 5.01 Å². The predicted molar refractivity (Wildman–Crippen MR) is 177 cm³/mol. The fourth-order valence-corrected chi connectivity index (χ4v) is 11.6. The molecule has 1 aliphatic rings. The third-order valence-corrected chi connectivity index (χ3v) is 14.2. The van der Waals surface area contributed by atoms with Crippen molar-refractivity contribution in [3.63, 3.8) is 0 Å². The van der Waals surface area contributed by atoms with Crippen LogP contribution in [0.4, 0.5) is 5.00 Å². The van der Waals surface area contributed by atoms with Crippen LogP contribution in [0.15, 0.2) is 57.1 Å². The minimum Gasteiger partial charge on any atom is -0.755 e. The quantitative estimate of drug-likeness (QED) is 0.166. The van der Waals surface area contributed by atoms with Crippen LogP contribution in [-0.4, -0.2) is 53.1 Å². The number of hydrogen-bond donors (Lipinski definition) is 1. The molecule has 5 aromatic rings. The highest BCUT2D eigenvalue weighted by Crippen LogP contribution is 2.54. The number of carbonyl (C=O) groups is 2. The molecule has 0 aliphatic carbocycles. The summed E-state index contributed by atoms with van der Waals surface area (Å²) < 4.78 is 52.0. The average molecular weight is 729 g/mol. The van der Waals surface area contributed by atoms with Crippen molar-refractivity contribution in [1.82, 2.24) is 9.03 Å². The van der Waals surface area contributed by atoms with Gasteiger partial charge in [0.05, 0.1) is 22.2 Å². The Bertz CT molecular complexity index is 2000. The van der Waals surface area contributed by atoms with Crippen LogP contribution in [0, 0.1) is 0 Å². The molecule has 0 saturated carbocycles. The number of carbonyl (C=O) groups excluding carboxylic acids is 2. The minimum atomic E-state index is -3.76. The molecular weight excluding hydrogens is 709 g/mol. The number of sulfonamides is 1. The van der Waals surface area contributed by atoms with Crippen LogP contribution in [0.2, 0.25) is 0 Å². The molecule has 1 atom stereocenters. The number of likely N-dealkylation sites (N-methyl/N-ethyl adjacent to an activating group) is 1. The van der Waals surface area contributed by atoms with E-state index in [1.54, 1.807) is 32.1 Å². The lowest BCUT2D eigenvalue weighted by Crippen LogP contribution is -2.45. The van der Waals surface area contributed by atoms with Crippen molar-refractivity contribution in [3.8, 4) is 19.5 Å². The topological polar surface area (TPSA) is 131 Å². The van der Waals surface area contributed by atoms with Gasteiger partial charge in [0.1, 0.15) is 16.2 Å². The Morgan fingerprint density at radius 2 is 1.74 bits per heavy atom. The molecule has 0 spiro atoms. The van der Waals surface area contributed by atoms with Gasteiger partial charge in [0.15, 0.2) is 0 Å². The van der Waals surface area contributed by atoms with Gasteiger partial charge in [-0.15, -0.1) is 34.0 Å². The molecule has 5 aromatic heterocycles. The van der Waals surface area contributed by atoms with Crippen LogP contribution in [0.5, 0.6) is 0 Å². The van der Waals surface area contributed by atoms with E-state index in [4.69, 9.17) is 0 Å². The van der Waals surface area contributed by atoms with E-state index in [1.807, 2.05) is 45.8 Å². The zero-order valence-corrected chi connectivity index (χ0v) is 28.7. The lowest BCUT2D eigenvalue weighted by atomic mass is 10.4. The molecule has 6 heterocycles. The number of hydrogen-bond acceptors (Lipinski definition) is 13. The van der Waals surface area contributed by atoms with E-state index in [2.05, 4.69) is 12.1 Å². The van der Waals surface area contributed by atoms with Crippen molar-refractivity contribution in [1.29, 1.82) is 0 Å². The summed E-state index contributed by atoms with van der Waals surface area (Å²) in [6.45, 7) is -0.445. The second kappa shape index (κ2) is 12.2. The number of rotatable bonds is 9. The number of nitrogens with one attached hydrogen (secondary N) is 1. The summed E-state index contributed by atoms with van der Waals surface area (Å²) in [5.74, 6) is -1.28. The van der Waals surface area contributed by atoms with Crippen molar-refractivity contribution in [2.75, 3.05) is 24.7 Å². The van der Waals surface area contributed by atoms with Crippen LogP contribution < -0.4 is 14.2 Å². The Kier molecular flexibility index (Phi) is 8.66. The number of thiophene rings is 4.